The van der Waals surface area contributed by atoms with Crippen LogP contribution in [0, 0.1) is 5.92 Å². The van der Waals surface area contributed by atoms with Crippen LogP contribution >= 0.6 is 0 Å². The summed E-state index contributed by atoms with van der Waals surface area (Å²) in [6.07, 6.45) is 5.02. The van der Waals surface area contributed by atoms with Crippen LogP contribution in [0.25, 0.3) is 22.3 Å². The first-order valence-corrected chi connectivity index (χ1v) is 11.0. The number of nitrogens with one attached hydrogen (secondary N) is 2. The minimum absolute atomic E-state index is 0.0643. The van der Waals surface area contributed by atoms with Crippen molar-refractivity contribution in [3.8, 4) is 11.4 Å². The number of carbonyl (C=O) groups is 1. The Morgan fingerprint density at radius 2 is 1.94 bits per heavy atom. The van der Waals surface area contributed by atoms with Gasteiger partial charge in [0.2, 0.25) is 5.91 Å². The predicted molar refractivity (Wildman–Crippen MR) is 121 cm³/mol. The molecule has 0 unspecified atom stereocenters. The summed E-state index contributed by atoms with van der Waals surface area (Å²) in [5.74, 6) is 0.416. The number of benzene rings is 1. The lowest BCUT2D eigenvalue weighted by molar-refractivity contribution is -0.127. The van der Waals surface area contributed by atoms with Gasteiger partial charge in [0, 0.05) is 37.4 Å². The standard InChI is InChI=1S/C24H30N4O3/c1-14(2)11-28-20-8-17-16-7-5-6-15-10-25-27-21(15)22(16)26-19(17)9-18(20)24(12-30-3,13-31-4)23(28)29/h8-10,14,26H,5-7,11-13H2,1-4H3,(H,25,27). The highest BCUT2D eigenvalue weighted by molar-refractivity contribution is 6.11. The van der Waals surface area contributed by atoms with Crippen LogP contribution in [0.15, 0.2) is 18.3 Å². The molecule has 1 aliphatic heterocycles. The number of anilines is 1. The van der Waals surface area contributed by atoms with Crippen LogP contribution in [-0.4, -0.2) is 55.1 Å². The van der Waals surface area contributed by atoms with Gasteiger partial charge in [-0.1, -0.05) is 13.8 Å². The third-order valence-electron chi connectivity index (χ3n) is 6.65. The second kappa shape index (κ2) is 7.50. The summed E-state index contributed by atoms with van der Waals surface area (Å²) in [7, 11) is 3.29. The zero-order valence-corrected chi connectivity index (χ0v) is 18.7. The molecule has 1 amide bonds. The summed E-state index contributed by atoms with van der Waals surface area (Å²) in [6.45, 7) is 5.53. The van der Waals surface area contributed by atoms with Gasteiger partial charge in [0.1, 0.15) is 5.41 Å². The van der Waals surface area contributed by atoms with Gasteiger partial charge in [-0.05, 0) is 54.0 Å². The summed E-state index contributed by atoms with van der Waals surface area (Å²) in [4.78, 5) is 19.3. The minimum atomic E-state index is -0.830. The number of nitrogens with zero attached hydrogens (tertiary/aromatic N) is 2. The Balaban J connectivity index is 1.75. The van der Waals surface area contributed by atoms with E-state index in [9.17, 15) is 4.79 Å². The lowest BCUT2D eigenvalue weighted by Gasteiger charge is -2.27. The number of methoxy groups -OCH3 is 2. The molecule has 0 fully saturated rings. The summed E-state index contributed by atoms with van der Waals surface area (Å²) >= 11 is 0. The fourth-order valence-electron chi connectivity index (χ4n) is 5.38. The van der Waals surface area contributed by atoms with E-state index >= 15 is 0 Å². The van der Waals surface area contributed by atoms with E-state index in [1.165, 1.54) is 16.5 Å². The molecular weight excluding hydrogens is 392 g/mol. The number of hydrogen-bond acceptors (Lipinski definition) is 4. The first-order chi connectivity index (χ1) is 15.0. The zero-order valence-electron chi connectivity index (χ0n) is 18.7. The number of fused-ring (bicyclic) bond motifs is 6. The molecule has 2 aliphatic rings. The average molecular weight is 423 g/mol. The Hall–Kier alpha value is -2.64. The molecule has 3 heterocycles. The van der Waals surface area contributed by atoms with Crippen LogP contribution in [0.4, 0.5) is 5.69 Å². The normalized spacial score (nSPS) is 17.2. The lowest BCUT2D eigenvalue weighted by Crippen LogP contribution is -2.47. The van der Waals surface area contributed by atoms with Gasteiger partial charge in [-0.3, -0.25) is 9.89 Å². The van der Waals surface area contributed by atoms with Crippen LogP contribution in [0.3, 0.4) is 0 Å². The number of aromatic amines is 2. The molecule has 0 bridgehead atoms. The van der Waals surface area contributed by atoms with Gasteiger partial charge in [-0.2, -0.15) is 5.10 Å². The largest absolute Gasteiger partial charge is 0.383 e. The molecule has 0 saturated carbocycles. The molecule has 0 saturated heterocycles. The Morgan fingerprint density at radius 3 is 2.65 bits per heavy atom. The quantitative estimate of drug-likeness (QED) is 0.636. The summed E-state index contributed by atoms with van der Waals surface area (Å²) in [5.41, 5.74) is 6.93. The zero-order chi connectivity index (χ0) is 21.8. The maximum absolute atomic E-state index is 13.7. The monoisotopic (exact) mass is 422 g/mol. The molecule has 1 aliphatic carbocycles. The molecule has 2 N–H and O–H groups in total. The topological polar surface area (TPSA) is 83.2 Å². The van der Waals surface area contributed by atoms with Gasteiger partial charge >= 0.3 is 0 Å². The number of carbonyl (C=O) groups excluding carboxylic acids is 1. The summed E-state index contributed by atoms with van der Waals surface area (Å²) in [6, 6.07) is 4.35. The smallest absolute Gasteiger partial charge is 0.242 e. The molecular formula is C24H30N4O3. The van der Waals surface area contributed by atoms with Crippen LogP contribution in [-0.2, 0) is 32.5 Å². The molecule has 31 heavy (non-hydrogen) atoms. The van der Waals surface area contributed by atoms with Crippen molar-refractivity contribution in [3.05, 3.63) is 35.0 Å². The van der Waals surface area contributed by atoms with Gasteiger partial charge < -0.3 is 19.4 Å². The van der Waals surface area contributed by atoms with E-state index in [4.69, 9.17) is 9.47 Å². The van der Waals surface area contributed by atoms with Crippen molar-refractivity contribution in [1.82, 2.24) is 15.2 Å². The van der Waals surface area contributed by atoms with E-state index < -0.39 is 5.41 Å². The molecule has 5 rings (SSSR count). The number of aryl methyl sites for hydroxylation is 2. The van der Waals surface area contributed by atoms with Crippen molar-refractivity contribution in [1.29, 1.82) is 0 Å². The van der Waals surface area contributed by atoms with E-state index in [-0.39, 0.29) is 19.1 Å². The van der Waals surface area contributed by atoms with Crippen molar-refractivity contribution in [2.45, 2.75) is 38.5 Å². The minimum Gasteiger partial charge on any atom is -0.383 e. The highest BCUT2D eigenvalue weighted by atomic mass is 16.5. The van der Waals surface area contributed by atoms with Crippen LogP contribution < -0.4 is 4.90 Å². The van der Waals surface area contributed by atoms with E-state index in [0.717, 1.165) is 47.4 Å². The van der Waals surface area contributed by atoms with Crippen molar-refractivity contribution >= 4 is 22.5 Å². The van der Waals surface area contributed by atoms with Crippen molar-refractivity contribution in [3.63, 3.8) is 0 Å². The molecule has 3 aromatic rings. The first kappa shape index (κ1) is 20.3. The Kier molecular flexibility index (Phi) is 4.90. The van der Waals surface area contributed by atoms with Gasteiger partial charge in [-0.15, -0.1) is 0 Å². The number of amides is 1. The van der Waals surface area contributed by atoms with E-state index in [1.807, 2.05) is 11.1 Å². The number of hydrogen-bond donors (Lipinski definition) is 2. The molecule has 2 aromatic heterocycles. The molecule has 0 spiro atoms. The molecule has 0 atom stereocenters. The third kappa shape index (κ3) is 2.94. The fraction of sp³-hybridized carbons (Fsp3) is 0.500. The van der Waals surface area contributed by atoms with E-state index in [0.29, 0.717) is 12.5 Å². The van der Waals surface area contributed by atoms with Crippen molar-refractivity contribution in [2.24, 2.45) is 5.92 Å². The van der Waals surface area contributed by atoms with Gasteiger partial charge in [-0.25, -0.2) is 0 Å². The third-order valence-corrected chi connectivity index (χ3v) is 6.65. The number of H-pyrrole nitrogens is 2. The summed E-state index contributed by atoms with van der Waals surface area (Å²) < 4.78 is 11.1. The number of ether oxygens (including phenoxy) is 2. The Morgan fingerprint density at radius 1 is 1.16 bits per heavy atom. The molecule has 1 aromatic carbocycles. The Bertz CT molecular complexity index is 1140. The maximum atomic E-state index is 13.7. The lowest BCUT2D eigenvalue weighted by atomic mass is 9.82. The second-order valence-electron chi connectivity index (χ2n) is 9.28. The predicted octanol–water partition coefficient (Wildman–Crippen LogP) is 3.58. The fourth-order valence-corrected chi connectivity index (χ4v) is 5.38. The first-order valence-electron chi connectivity index (χ1n) is 11.0. The Labute approximate surface area is 182 Å². The second-order valence-corrected chi connectivity index (χ2v) is 9.28. The van der Waals surface area contributed by atoms with Gasteiger partial charge in [0.25, 0.3) is 0 Å². The van der Waals surface area contributed by atoms with Gasteiger partial charge in [0.05, 0.1) is 30.8 Å². The highest BCUT2D eigenvalue weighted by Crippen LogP contribution is 2.47. The average Bonchev–Trinajstić information content (AvgIpc) is 3.36. The van der Waals surface area contributed by atoms with Crippen molar-refractivity contribution < 1.29 is 14.3 Å². The van der Waals surface area contributed by atoms with Crippen LogP contribution in [0.5, 0.6) is 0 Å². The van der Waals surface area contributed by atoms with Crippen molar-refractivity contribution in [2.75, 3.05) is 38.9 Å². The number of rotatable bonds is 6. The number of aromatic nitrogens is 3. The molecule has 164 valence electrons. The SMILES string of the molecule is COCC1(COC)C(=O)N(CC(C)C)c2cc3c4c([nH]c3cc21)-c1[nH]ncc1CCC4. The van der Waals surface area contributed by atoms with Crippen LogP contribution in [0.1, 0.15) is 37.0 Å². The van der Waals surface area contributed by atoms with E-state index in [1.54, 1.807) is 14.2 Å². The van der Waals surface area contributed by atoms with Crippen LogP contribution in [0.2, 0.25) is 0 Å². The van der Waals surface area contributed by atoms with Gasteiger partial charge in [0.15, 0.2) is 0 Å². The summed E-state index contributed by atoms with van der Waals surface area (Å²) in [5, 5.41) is 8.64. The molecule has 7 heteroatoms. The van der Waals surface area contributed by atoms with E-state index in [2.05, 4.69) is 41.2 Å². The molecule has 0 radical (unpaired) electrons. The maximum Gasteiger partial charge on any atom is 0.242 e. The highest BCUT2D eigenvalue weighted by Gasteiger charge is 2.51. The molecule has 7 nitrogen and oxygen atoms in total.